The highest BCUT2D eigenvalue weighted by Crippen LogP contribution is 2.37. The third-order valence-corrected chi connectivity index (χ3v) is 4.02. The van der Waals surface area contributed by atoms with E-state index in [4.69, 9.17) is 11.6 Å². The first-order valence-corrected chi connectivity index (χ1v) is 6.04. The minimum atomic E-state index is 0.499. The lowest BCUT2D eigenvalue weighted by Crippen LogP contribution is -2.24. The fourth-order valence-corrected chi connectivity index (χ4v) is 2.81. The van der Waals surface area contributed by atoms with Crippen molar-refractivity contribution in [3.8, 4) is 0 Å². The summed E-state index contributed by atoms with van der Waals surface area (Å²) in [6.07, 6.45) is 3.67. The van der Waals surface area contributed by atoms with Crippen molar-refractivity contribution in [2.24, 2.45) is 11.8 Å². The molecule has 3 atom stereocenters. The minimum Gasteiger partial charge on any atom is -0.299 e. The van der Waals surface area contributed by atoms with Crippen molar-refractivity contribution in [1.82, 2.24) is 14.8 Å². The summed E-state index contributed by atoms with van der Waals surface area (Å²) < 4.78 is 2.09. The van der Waals surface area contributed by atoms with Crippen LogP contribution in [0.1, 0.15) is 45.0 Å². The van der Waals surface area contributed by atoms with E-state index in [1.54, 1.807) is 0 Å². The normalized spacial score (nSPS) is 31.9. The smallest absolute Gasteiger partial charge is 0.225 e. The van der Waals surface area contributed by atoms with Crippen LogP contribution in [0.3, 0.4) is 0 Å². The molecular formula is C11H18ClN3. The number of aromatic nitrogens is 3. The van der Waals surface area contributed by atoms with Gasteiger partial charge >= 0.3 is 0 Å². The molecule has 2 rings (SSSR count). The van der Waals surface area contributed by atoms with Crippen LogP contribution in [-0.2, 0) is 0 Å². The molecule has 0 radical (unpaired) electrons. The molecule has 0 aromatic carbocycles. The van der Waals surface area contributed by atoms with Gasteiger partial charge in [-0.25, -0.2) is 0 Å². The quantitative estimate of drug-likeness (QED) is 0.738. The maximum atomic E-state index is 6.05. The summed E-state index contributed by atoms with van der Waals surface area (Å²) in [4.78, 5) is 0. The Kier molecular flexibility index (Phi) is 3.01. The molecule has 0 amide bonds. The lowest BCUT2D eigenvalue weighted by molar-refractivity contribution is 0.209. The van der Waals surface area contributed by atoms with Crippen LogP contribution in [0.25, 0.3) is 0 Å². The Labute approximate surface area is 95.8 Å². The Morgan fingerprint density at radius 3 is 2.47 bits per heavy atom. The summed E-state index contributed by atoms with van der Waals surface area (Å²) in [5.74, 6) is 2.53. The second-order valence-electron chi connectivity index (χ2n) is 4.81. The van der Waals surface area contributed by atoms with Crippen molar-refractivity contribution < 1.29 is 0 Å². The van der Waals surface area contributed by atoms with Crippen LogP contribution in [0.2, 0.25) is 5.28 Å². The minimum absolute atomic E-state index is 0.499. The molecule has 1 aliphatic rings. The maximum Gasteiger partial charge on any atom is 0.225 e. The molecule has 0 spiro atoms. The molecule has 1 aliphatic carbocycles. The molecule has 1 aromatic rings. The van der Waals surface area contributed by atoms with Gasteiger partial charge in [0.05, 0.1) is 0 Å². The van der Waals surface area contributed by atoms with Gasteiger partial charge in [-0.2, -0.15) is 0 Å². The molecule has 0 N–H and O–H groups in total. The second-order valence-corrected chi connectivity index (χ2v) is 5.15. The van der Waals surface area contributed by atoms with Crippen LogP contribution in [0.15, 0.2) is 0 Å². The van der Waals surface area contributed by atoms with Gasteiger partial charge in [-0.1, -0.05) is 13.8 Å². The average Bonchev–Trinajstić information content (AvgIpc) is 2.52. The van der Waals surface area contributed by atoms with Gasteiger partial charge in [0.1, 0.15) is 5.82 Å². The monoisotopic (exact) mass is 227 g/mol. The highest BCUT2D eigenvalue weighted by Gasteiger charge is 2.27. The zero-order valence-electron chi connectivity index (χ0n) is 9.57. The van der Waals surface area contributed by atoms with Crippen LogP contribution in [-0.4, -0.2) is 14.8 Å². The van der Waals surface area contributed by atoms with Gasteiger partial charge in [0, 0.05) is 6.04 Å². The van der Waals surface area contributed by atoms with Gasteiger partial charge in [-0.05, 0) is 49.6 Å². The first kappa shape index (κ1) is 10.9. The summed E-state index contributed by atoms with van der Waals surface area (Å²) >= 11 is 6.05. The molecule has 1 heterocycles. The van der Waals surface area contributed by atoms with Crippen LogP contribution in [0.4, 0.5) is 0 Å². The van der Waals surface area contributed by atoms with Gasteiger partial charge in [0.2, 0.25) is 5.28 Å². The molecule has 3 nitrogen and oxygen atoms in total. The first-order valence-electron chi connectivity index (χ1n) is 5.66. The van der Waals surface area contributed by atoms with Gasteiger partial charge in [0.15, 0.2) is 0 Å². The van der Waals surface area contributed by atoms with E-state index in [1.807, 2.05) is 6.92 Å². The molecule has 1 saturated carbocycles. The van der Waals surface area contributed by atoms with Crippen LogP contribution >= 0.6 is 11.6 Å². The van der Waals surface area contributed by atoms with E-state index in [-0.39, 0.29) is 0 Å². The van der Waals surface area contributed by atoms with Crippen molar-refractivity contribution in [3.05, 3.63) is 11.1 Å². The molecular weight excluding hydrogens is 210 g/mol. The van der Waals surface area contributed by atoms with E-state index in [2.05, 4.69) is 28.6 Å². The summed E-state index contributed by atoms with van der Waals surface area (Å²) in [6.45, 7) is 6.63. The van der Waals surface area contributed by atoms with Gasteiger partial charge in [-0.15, -0.1) is 10.2 Å². The van der Waals surface area contributed by atoms with Crippen molar-refractivity contribution in [2.75, 3.05) is 0 Å². The Balaban J connectivity index is 2.19. The highest BCUT2D eigenvalue weighted by atomic mass is 35.5. The van der Waals surface area contributed by atoms with Crippen LogP contribution in [0.5, 0.6) is 0 Å². The van der Waals surface area contributed by atoms with Crippen molar-refractivity contribution in [3.63, 3.8) is 0 Å². The third kappa shape index (κ3) is 2.03. The van der Waals surface area contributed by atoms with E-state index in [0.717, 1.165) is 17.7 Å². The summed E-state index contributed by atoms with van der Waals surface area (Å²) in [7, 11) is 0. The summed E-state index contributed by atoms with van der Waals surface area (Å²) in [5.41, 5.74) is 0. The van der Waals surface area contributed by atoms with E-state index in [9.17, 15) is 0 Å². The molecule has 4 heteroatoms. The van der Waals surface area contributed by atoms with Crippen molar-refractivity contribution >= 4 is 11.6 Å². The molecule has 3 unspecified atom stereocenters. The van der Waals surface area contributed by atoms with E-state index < -0.39 is 0 Å². The number of aryl methyl sites for hydroxylation is 1. The number of hydrogen-bond donors (Lipinski definition) is 0. The Bertz CT molecular complexity index is 328. The molecule has 0 bridgehead atoms. The molecule has 1 fully saturated rings. The van der Waals surface area contributed by atoms with E-state index >= 15 is 0 Å². The number of hydrogen-bond acceptors (Lipinski definition) is 2. The topological polar surface area (TPSA) is 30.7 Å². The molecule has 0 aliphatic heterocycles. The maximum absolute atomic E-state index is 6.05. The lowest BCUT2D eigenvalue weighted by Gasteiger charge is -2.33. The van der Waals surface area contributed by atoms with Crippen molar-refractivity contribution in [2.45, 2.75) is 46.1 Å². The second kappa shape index (κ2) is 4.12. The summed E-state index contributed by atoms with van der Waals surface area (Å²) in [6, 6.07) is 0.499. The van der Waals surface area contributed by atoms with Gasteiger partial charge < -0.3 is 0 Å². The average molecular weight is 228 g/mol. The van der Waals surface area contributed by atoms with E-state index in [1.165, 1.54) is 19.3 Å². The Morgan fingerprint density at radius 2 is 1.93 bits per heavy atom. The lowest BCUT2D eigenvalue weighted by atomic mass is 9.79. The zero-order chi connectivity index (χ0) is 11.0. The van der Waals surface area contributed by atoms with Gasteiger partial charge in [0.25, 0.3) is 0 Å². The SMILES string of the molecule is Cc1nnc(Cl)n1C1CCC(C)C(C)C1. The Hall–Kier alpha value is -0.570. The summed E-state index contributed by atoms with van der Waals surface area (Å²) in [5, 5.41) is 8.47. The van der Waals surface area contributed by atoms with Gasteiger partial charge in [-0.3, -0.25) is 4.57 Å². The largest absolute Gasteiger partial charge is 0.299 e. The third-order valence-electron chi connectivity index (χ3n) is 3.76. The predicted molar refractivity (Wildman–Crippen MR) is 61.0 cm³/mol. The fourth-order valence-electron chi connectivity index (χ4n) is 2.51. The van der Waals surface area contributed by atoms with Crippen LogP contribution < -0.4 is 0 Å². The molecule has 15 heavy (non-hydrogen) atoms. The van der Waals surface area contributed by atoms with Crippen molar-refractivity contribution in [1.29, 1.82) is 0 Å². The molecule has 0 saturated heterocycles. The fraction of sp³-hybridized carbons (Fsp3) is 0.818. The number of rotatable bonds is 1. The first-order chi connectivity index (χ1) is 7.09. The van der Waals surface area contributed by atoms with E-state index in [0.29, 0.717) is 11.3 Å². The standard InChI is InChI=1S/C11H18ClN3/c1-7-4-5-10(6-8(7)2)15-9(3)13-14-11(15)12/h7-8,10H,4-6H2,1-3H3. The Morgan fingerprint density at radius 1 is 1.20 bits per heavy atom. The zero-order valence-corrected chi connectivity index (χ0v) is 10.3. The molecule has 1 aromatic heterocycles. The number of nitrogens with zero attached hydrogens (tertiary/aromatic N) is 3. The van der Waals surface area contributed by atoms with Crippen LogP contribution in [0, 0.1) is 18.8 Å². The highest BCUT2D eigenvalue weighted by molar-refractivity contribution is 6.28. The number of halogens is 1. The molecule has 84 valence electrons. The predicted octanol–water partition coefficient (Wildman–Crippen LogP) is 3.24.